The van der Waals surface area contributed by atoms with Gasteiger partial charge in [-0.15, -0.1) is 0 Å². The zero-order valence-electron chi connectivity index (χ0n) is 19.0. The molecular formula is C23H32N2O6S. The van der Waals surface area contributed by atoms with Crippen LogP contribution in [0.25, 0.3) is 0 Å². The fourth-order valence-corrected chi connectivity index (χ4v) is 3.94. The SMILES string of the molecule is COc1cccc(OCCNC(=O)CCCN(c2ccc(OC(C)C)cc2)S(C)(=O)=O)c1. The second-order valence-corrected chi connectivity index (χ2v) is 9.38. The summed E-state index contributed by atoms with van der Waals surface area (Å²) in [5.74, 6) is 1.87. The van der Waals surface area contributed by atoms with Gasteiger partial charge in [0.15, 0.2) is 0 Å². The Morgan fingerprint density at radius 1 is 1.06 bits per heavy atom. The Morgan fingerprint density at radius 3 is 2.38 bits per heavy atom. The number of ether oxygens (including phenoxy) is 3. The maximum atomic E-state index is 12.2. The number of carbonyl (C=O) groups excluding carboxylic acids is 1. The molecule has 0 aliphatic carbocycles. The second kappa shape index (κ2) is 12.2. The summed E-state index contributed by atoms with van der Waals surface area (Å²) in [6.45, 7) is 4.72. The summed E-state index contributed by atoms with van der Waals surface area (Å²) in [6, 6.07) is 14.1. The first-order chi connectivity index (χ1) is 15.2. The highest BCUT2D eigenvalue weighted by molar-refractivity contribution is 7.92. The number of nitrogens with one attached hydrogen (secondary N) is 1. The van der Waals surface area contributed by atoms with Crippen molar-refractivity contribution < 1.29 is 27.4 Å². The number of hydrogen-bond acceptors (Lipinski definition) is 6. The van der Waals surface area contributed by atoms with E-state index in [9.17, 15) is 13.2 Å². The quantitative estimate of drug-likeness (QED) is 0.458. The average molecular weight is 465 g/mol. The number of carbonyl (C=O) groups is 1. The predicted octanol–water partition coefficient (Wildman–Crippen LogP) is 3.22. The first kappa shape index (κ1) is 25.3. The molecule has 0 unspecified atom stereocenters. The van der Waals surface area contributed by atoms with Crippen LogP contribution in [-0.2, 0) is 14.8 Å². The van der Waals surface area contributed by atoms with Crippen LogP contribution in [0.5, 0.6) is 17.2 Å². The summed E-state index contributed by atoms with van der Waals surface area (Å²) in [4.78, 5) is 12.1. The maximum absolute atomic E-state index is 12.2. The number of amides is 1. The molecule has 9 heteroatoms. The Morgan fingerprint density at radius 2 is 1.75 bits per heavy atom. The molecule has 0 aromatic heterocycles. The lowest BCUT2D eigenvalue weighted by Crippen LogP contribution is -2.32. The number of anilines is 1. The van der Waals surface area contributed by atoms with Crippen LogP contribution < -0.4 is 23.8 Å². The first-order valence-corrected chi connectivity index (χ1v) is 12.3. The maximum Gasteiger partial charge on any atom is 0.232 e. The van der Waals surface area contributed by atoms with E-state index < -0.39 is 10.0 Å². The third kappa shape index (κ3) is 8.66. The molecule has 1 amide bonds. The number of hydrogen-bond donors (Lipinski definition) is 1. The largest absolute Gasteiger partial charge is 0.497 e. The number of methoxy groups -OCH3 is 1. The van der Waals surface area contributed by atoms with E-state index >= 15 is 0 Å². The highest BCUT2D eigenvalue weighted by Gasteiger charge is 2.17. The lowest BCUT2D eigenvalue weighted by molar-refractivity contribution is -0.121. The standard InChI is InChI=1S/C23H32N2O6S/c1-18(2)31-20-12-10-19(11-13-20)25(32(4,27)28)15-6-9-23(26)24-14-16-30-22-8-5-7-21(17-22)29-3/h5,7-8,10-13,17-18H,6,9,14-16H2,1-4H3,(H,24,26). The van der Waals surface area contributed by atoms with Crippen molar-refractivity contribution in [2.45, 2.75) is 32.8 Å². The van der Waals surface area contributed by atoms with Crippen molar-refractivity contribution in [2.75, 3.05) is 37.4 Å². The van der Waals surface area contributed by atoms with Crippen LogP contribution in [0, 0.1) is 0 Å². The minimum Gasteiger partial charge on any atom is -0.497 e. The van der Waals surface area contributed by atoms with Crippen molar-refractivity contribution in [3.05, 3.63) is 48.5 Å². The summed E-state index contributed by atoms with van der Waals surface area (Å²) in [7, 11) is -1.89. The van der Waals surface area contributed by atoms with Gasteiger partial charge in [0.05, 0.1) is 31.7 Å². The van der Waals surface area contributed by atoms with Crippen LogP contribution >= 0.6 is 0 Å². The van der Waals surface area contributed by atoms with Crippen LogP contribution in [0.4, 0.5) is 5.69 Å². The van der Waals surface area contributed by atoms with Gasteiger partial charge >= 0.3 is 0 Å². The minimum atomic E-state index is -3.48. The van der Waals surface area contributed by atoms with Crippen LogP contribution in [0.3, 0.4) is 0 Å². The third-order valence-corrected chi connectivity index (χ3v) is 5.59. The molecule has 0 radical (unpaired) electrons. The van der Waals surface area contributed by atoms with Gasteiger partial charge in [-0.3, -0.25) is 9.10 Å². The topological polar surface area (TPSA) is 94.2 Å². The summed E-state index contributed by atoms with van der Waals surface area (Å²) < 4.78 is 42.1. The molecule has 2 aromatic carbocycles. The Kier molecular flexibility index (Phi) is 9.64. The first-order valence-electron chi connectivity index (χ1n) is 10.5. The molecule has 0 saturated carbocycles. The van der Waals surface area contributed by atoms with E-state index in [1.165, 1.54) is 4.31 Å². The molecule has 2 aromatic rings. The van der Waals surface area contributed by atoms with Gasteiger partial charge < -0.3 is 19.5 Å². The van der Waals surface area contributed by atoms with E-state index in [0.29, 0.717) is 42.5 Å². The molecule has 0 bridgehead atoms. The molecule has 0 heterocycles. The van der Waals surface area contributed by atoms with Crippen molar-refractivity contribution >= 4 is 21.6 Å². The fraction of sp³-hybridized carbons (Fsp3) is 0.435. The van der Waals surface area contributed by atoms with Crippen molar-refractivity contribution in [3.8, 4) is 17.2 Å². The van der Waals surface area contributed by atoms with Crippen LogP contribution in [0.1, 0.15) is 26.7 Å². The van der Waals surface area contributed by atoms with Gasteiger partial charge in [-0.25, -0.2) is 8.42 Å². The Bertz CT molecular complexity index is 961. The van der Waals surface area contributed by atoms with Crippen LogP contribution in [0.15, 0.2) is 48.5 Å². The zero-order chi connectivity index (χ0) is 23.6. The summed E-state index contributed by atoms with van der Waals surface area (Å²) in [5.41, 5.74) is 0.538. The van der Waals surface area contributed by atoms with Crippen molar-refractivity contribution in [2.24, 2.45) is 0 Å². The third-order valence-electron chi connectivity index (χ3n) is 4.40. The second-order valence-electron chi connectivity index (χ2n) is 7.48. The van der Waals surface area contributed by atoms with Crippen molar-refractivity contribution in [1.29, 1.82) is 0 Å². The van der Waals surface area contributed by atoms with Gasteiger partial charge in [0.2, 0.25) is 15.9 Å². The number of nitrogens with zero attached hydrogens (tertiary/aromatic N) is 1. The summed E-state index contributed by atoms with van der Waals surface area (Å²) >= 11 is 0. The summed E-state index contributed by atoms with van der Waals surface area (Å²) in [6.07, 6.45) is 1.78. The average Bonchev–Trinajstić information content (AvgIpc) is 2.74. The van der Waals surface area contributed by atoms with E-state index in [-0.39, 0.29) is 25.0 Å². The van der Waals surface area contributed by atoms with Crippen LogP contribution in [-0.4, -0.2) is 53.5 Å². The molecule has 2 rings (SSSR count). The van der Waals surface area contributed by atoms with Gasteiger partial charge in [0.25, 0.3) is 0 Å². The van der Waals surface area contributed by atoms with Crippen LogP contribution in [0.2, 0.25) is 0 Å². The lowest BCUT2D eigenvalue weighted by atomic mass is 10.2. The minimum absolute atomic E-state index is 0.0336. The van der Waals surface area contributed by atoms with E-state index in [1.807, 2.05) is 32.0 Å². The van der Waals surface area contributed by atoms with Gasteiger partial charge in [-0.1, -0.05) is 6.07 Å². The molecule has 0 saturated heterocycles. The normalized spacial score (nSPS) is 11.2. The van der Waals surface area contributed by atoms with E-state index in [0.717, 1.165) is 6.26 Å². The summed E-state index contributed by atoms with van der Waals surface area (Å²) in [5, 5.41) is 2.78. The molecule has 0 aliphatic heterocycles. The van der Waals surface area contributed by atoms with Gasteiger partial charge in [0, 0.05) is 19.0 Å². The highest BCUT2D eigenvalue weighted by atomic mass is 32.2. The molecule has 176 valence electrons. The molecule has 0 fully saturated rings. The van der Waals surface area contributed by atoms with Gasteiger partial charge in [-0.2, -0.15) is 0 Å². The van der Waals surface area contributed by atoms with Crippen molar-refractivity contribution in [3.63, 3.8) is 0 Å². The Balaban J connectivity index is 1.77. The molecular weight excluding hydrogens is 432 g/mol. The monoisotopic (exact) mass is 464 g/mol. The van der Waals surface area contributed by atoms with Gasteiger partial charge in [-0.05, 0) is 56.7 Å². The molecule has 8 nitrogen and oxygen atoms in total. The predicted molar refractivity (Wildman–Crippen MR) is 125 cm³/mol. The zero-order valence-corrected chi connectivity index (χ0v) is 19.9. The number of rotatable bonds is 13. The lowest BCUT2D eigenvalue weighted by Gasteiger charge is -2.22. The molecule has 0 atom stereocenters. The smallest absolute Gasteiger partial charge is 0.232 e. The fourth-order valence-electron chi connectivity index (χ4n) is 2.97. The molecule has 32 heavy (non-hydrogen) atoms. The number of benzene rings is 2. The Labute approximate surface area is 190 Å². The highest BCUT2D eigenvalue weighted by Crippen LogP contribution is 2.23. The molecule has 0 aliphatic rings. The van der Waals surface area contributed by atoms with E-state index in [4.69, 9.17) is 14.2 Å². The molecule has 0 spiro atoms. The molecule has 1 N–H and O–H groups in total. The van der Waals surface area contributed by atoms with Gasteiger partial charge in [0.1, 0.15) is 23.9 Å². The van der Waals surface area contributed by atoms with E-state index in [1.54, 1.807) is 37.4 Å². The van der Waals surface area contributed by atoms with Crippen molar-refractivity contribution in [1.82, 2.24) is 5.32 Å². The Hall–Kier alpha value is -2.94. The number of sulfonamides is 1. The van der Waals surface area contributed by atoms with E-state index in [2.05, 4.69) is 5.32 Å².